The maximum Gasteiger partial charge on any atom is 0.270 e. The fourth-order valence-corrected chi connectivity index (χ4v) is 4.59. The Balaban J connectivity index is 1.51. The molecule has 0 aliphatic heterocycles. The molecule has 174 valence electrons. The monoisotopic (exact) mass is 449 g/mol. The Labute approximate surface area is 193 Å². The quantitative estimate of drug-likeness (QED) is 0.533. The summed E-state index contributed by atoms with van der Waals surface area (Å²) in [5, 5.41) is 17.2. The second-order valence-electron chi connectivity index (χ2n) is 9.04. The first kappa shape index (κ1) is 22.7. The maximum absolute atomic E-state index is 13.3. The van der Waals surface area contributed by atoms with Gasteiger partial charge in [0.15, 0.2) is 0 Å². The molecule has 0 aromatic carbocycles. The number of carbonyl (C=O) groups excluding carboxylic acids is 2. The molecule has 4 rings (SSSR count). The molecule has 1 aliphatic rings. The van der Waals surface area contributed by atoms with Gasteiger partial charge in [-0.2, -0.15) is 10.2 Å². The summed E-state index contributed by atoms with van der Waals surface area (Å²) in [6.07, 6.45) is 7.12. The second kappa shape index (κ2) is 9.56. The normalized spacial score (nSPS) is 19.2. The Morgan fingerprint density at radius 1 is 1.15 bits per heavy atom. The van der Waals surface area contributed by atoms with Crippen LogP contribution in [0.3, 0.4) is 0 Å². The third-order valence-electron chi connectivity index (χ3n) is 6.57. The Morgan fingerprint density at radius 3 is 2.48 bits per heavy atom. The topological polar surface area (TPSA) is 118 Å². The zero-order valence-corrected chi connectivity index (χ0v) is 19.6. The summed E-state index contributed by atoms with van der Waals surface area (Å²) in [5.74, 6) is 0.203. The number of hydrogen-bond acceptors (Lipinski definition) is 5. The van der Waals surface area contributed by atoms with Crippen molar-refractivity contribution in [3.63, 3.8) is 0 Å². The molecule has 3 aromatic rings. The van der Waals surface area contributed by atoms with Crippen molar-refractivity contribution < 1.29 is 9.59 Å². The van der Waals surface area contributed by atoms with E-state index in [0.29, 0.717) is 17.3 Å². The van der Waals surface area contributed by atoms with Crippen LogP contribution in [0.5, 0.6) is 0 Å². The van der Waals surface area contributed by atoms with Crippen molar-refractivity contribution in [3.05, 3.63) is 47.7 Å². The first-order valence-electron chi connectivity index (χ1n) is 11.4. The van der Waals surface area contributed by atoms with Crippen molar-refractivity contribution in [2.75, 3.05) is 5.32 Å². The van der Waals surface area contributed by atoms with E-state index in [-0.39, 0.29) is 17.7 Å². The number of carbonyl (C=O) groups is 2. The molecule has 9 heteroatoms. The van der Waals surface area contributed by atoms with Crippen LogP contribution >= 0.6 is 0 Å². The molecule has 1 unspecified atom stereocenters. The van der Waals surface area contributed by atoms with Crippen LogP contribution in [0.25, 0.3) is 11.3 Å². The van der Waals surface area contributed by atoms with Crippen LogP contribution in [0.4, 0.5) is 5.69 Å². The van der Waals surface area contributed by atoms with Crippen LogP contribution in [0, 0.1) is 25.7 Å². The molecular weight excluding hydrogens is 418 g/mol. The summed E-state index contributed by atoms with van der Waals surface area (Å²) in [4.78, 5) is 30.7. The van der Waals surface area contributed by atoms with Crippen molar-refractivity contribution in [2.45, 2.75) is 52.5 Å². The van der Waals surface area contributed by atoms with E-state index in [0.717, 1.165) is 48.3 Å². The molecule has 1 aliphatic carbocycles. The van der Waals surface area contributed by atoms with Crippen molar-refractivity contribution in [3.8, 4) is 11.3 Å². The van der Waals surface area contributed by atoms with Gasteiger partial charge in [-0.3, -0.25) is 24.4 Å². The number of hydrogen-bond donors (Lipinski definition) is 3. The highest BCUT2D eigenvalue weighted by Gasteiger charge is 2.33. The molecule has 3 aromatic heterocycles. The molecule has 9 nitrogen and oxygen atoms in total. The highest BCUT2D eigenvalue weighted by atomic mass is 16.2. The van der Waals surface area contributed by atoms with Crippen molar-refractivity contribution in [2.24, 2.45) is 18.9 Å². The lowest BCUT2D eigenvalue weighted by atomic mass is 9.79. The summed E-state index contributed by atoms with van der Waals surface area (Å²) in [7, 11) is 1.71. The van der Waals surface area contributed by atoms with Crippen LogP contribution in [-0.4, -0.2) is 42.8 Å². The third-order valence-corrected chi connectivity index (χ3v) is 6.57. The standard InChI is InChI=1S/C24H31N7O2/c1-14-5-7-17(8-6-14)22(28-23(32)20-11-12-26-31(20)4)24(33)27-18-9-10-19(25-13-18)21-15(2)29-30-16(21)3/h9-14,17,22H,5-8H2,1-4H3,(H,27,33)(H,28,32)(H,29,30). The predicted octanol–water partition coefficient (Wildman–Crippen LogP) is 3.39. The van der Waals surface area contributed by atoms with Gasteiger partial charge in [-0.05, 0) is 56.7 Å². The second-order valence-corrected chi connectivity index (χ2v) is 9.04. The van der Waals surface area contributed by atoms with E-state index in [2.05, 4.69) is 37.8 Å². The van der Waals surface area contributed by atoms with Crippen LogP contribution in [0.2, 0.25) is 0 Å². The Bertz CT molecular complexity index is 1100. The van der Waals surface area contributed by atoms with Gasteiger partial charge in [0.05, 0.1) is 23.3 Å². The predicted molar refractivity (Wildman–Crippen MR) is 126 cm³/mol. The van der Waals surface area contributed by atoms with Gasteiger partial charge in [-0.1, -0.05) is 19.8 Å². The number of amides is 2. The Morgan fingerprint density at radius 2 is 1.91 bits per heavy atom. The average Bonchev–Trinajstić information content (AvgIpc) is 3.38. The summed E-state index contributed by atoms with van der Waals surface area (Å²) in [6, 6.07) is 4.72. The van der Waals surface area contributed by atoms with E-state index in [1.54, 1.807) is 25.5 Å². The van der Waals surface area contributed by atoms with Gasteiger partial charge in [0.2, 0.25) is 5.91 Å². The minimum Gasteiger partial charge on any atom is -0.339 e. The van der Waals surface area contributed by atoms with E-state index >= 15 is 0 Å². The van der Waals surface area contributed by atoms with Gasteiger partial charge in [-0.25, -0.2) is 0 Å². The van der Waals surface area contributed by atoms with E-state index in [4.69, 9.17) is 0 Å². The van der Waals surface area contributed by atoms with Gasteiger partial charge >= 0.3 is 0 Å². The van der Waals surface area contributed by atoms with Crippen LogP contribution in [0.1, 0.15) is 54.5 Å². The summed E-state index contributed by atoms with van der Waals surface area (Å²) in [6.45, 7) is 6.11. The number of pyridine rings is 1. The van der Waals surface area contributed by atoms with Crippen molar-refractivity contribution in [1.29, 1.82) is 0 Å². The first-order chi connectivity index (χ1) is 15.8. The number of nitrogens with zero attached hydrogens (tertiary/aromatic N) is 4. The molecule has 0 spiro atoms. The number of nitrogens with one attached hydrogen (secondary N) is 3. The van der Waals surface area contributed by atoms with Gasteiger partial charge in [-0.15, -0.1) is 0 Å². The molecule has 1 fully saturated rings. The zero-order valence-electron chi connectivity index (χ0n) is 19.6. The number of aryl methyl sites for hydroxylation is 3. The maximum atomic E-state index is 13.3. The number of rotatable bonds is 6. The highest BCUT2D eigenvalue weighted by Crippen LogP contribution is 2.31. The molecule has 3 N–H and O–H groups in total. The van der Waals surface area contributed by atoms with Crippen molar-refractivity contribution in [1.82, 2.24) is 30.3 Å². The zero-order chi connectivity index (χ0) is 23.5. The SMILES string of the molecule is Cc1n[nH]c(C)c1-c1ccc(NC(=O)C(NC(=O)c2ccnn2C)C2CCC(C)CC2)cn1. The Kier molecular flexibility index (Phi) is 6.57. The number of aromatic nitrogens is 5. The van der Waals surface area contributed by atoms with Crippen molar-refractivity contribution >= 4 is 17.5 Å². The van der Waals surface area contributed by atoms with Gasteiger partial charge in [0.1, 0.15) is 11.7 Å². The lowest BCUT2D eigenvalue weighted by Gasteiger charge is -2.32. The van der Waals surface area contributed by atoms with E-state index < -0.39 is 6.04 Å². The van der Waals surface area contributed by atoms with Gasteiger partial charge in [0.25, 0.3) is 5.91 Å². The molecule has 2 amide bonds. The third kappa shape index (κ3) is 4.97. The minimum atomic E-state index is -0.627. The van der Waals surface area contributed by atoms with Crippen LogP contribution < -0.4 is 10.6 Å². The van der Waals surface area contributed by atoms with Crippen LogP contribution in [-0.2, 0) is 11.8 Å². The molecule has 0 bridgehead atoms. The number of H-pyrrole nitrogens is 1. The summed E-state index contributed by atoms with van der Waals surface area (Å²) < 4.78 is 1.51. The molecule has 0 radical (unpaired) electrons. The van der Waals surface area contributed by atoms with Gasteiger partial charge in [0, 0.05) is 24.5 Å². The summed E-state index contributed by atoms with van der Waals surface area (Å²) in [5.41, 5.74) is 4.59. The largest absolute Gasteiger partial charge is 0.339 e. The summed E-state index contributed by atoms with van der Waals surface area (Å²) >= 11 is 0. The molecule has 33 heavy (non-hydrogen) atoms. The number of anilines is 1. The van der Waals surface area contributed by atoms with E-state index in [1.807, 2.05) is 26.0 Å². The van der Waals surface area contributed by atoms with Crippen LogP contribution in [0.15, 0.2) is 30.6 Å². The lowest BCUT2D eigenvalue weighted by molar-refractivity contribution is -0.119. The fraction of sp³-hybridized carbons (Fsp3) is 0.458. The highest BCUT2D eigenvalue weighted by molar-refractivity contribution is 6.00. The minimum absolute atomic E-state index is 0.0850. The molecule has 3 heterocycles. The van der Waals surface area contributed by atoms with Gasteiger partial charge < -0.3 is 10.6 Å². The average molecular weight is 450 g/mol. The van der Waals surface area contributed by atoms with E-state index in [1.165, 1.54) is 4.68 Å². The molecule has 1 saturated carbocycles. The van der Waals surface area contributed by atoms with E-state index in [9.17, 15) is 9.59 Å². The lowest BCUT2D eigenvalue weighted by Crippen LogP contribution is -2.49. The number of aromatic amines is 1. The molecular formula is C24H31N7O2. The smallest absolute Gasteiger partial charge is 0.270 e. The Hall–Kier alpha value is -3.49. The molecule has 0 saturated heterocycles. The fourth-order valence-electron chi connectivity index (χ4n) is 4.59. The molecule has 1 atom stereocenters. The first-order valence-corrected chi connectivity index (χ1v) is 11.4.